The first-order valence-corrected chi connectivity index (χ1v) is 8.12. The molecule has 16 heavy (non-hydrogen) atoms. The Morgan fingerprint density at radius 2 is 1.88 bits per heavy atom. The number of nitrogens with one attached hydrogen (secondary N) is 1. The highest BCUT2D eigenvalue weighted by Gasteiger charge is 2.40. The zero-order valence-corrected chi connectivity index (χ0v) is 10.8. The van der Waals surface area contributed by atoms with E-state index in [0.29, 0.717) is 11.5 Å². The summed E-state index contributed by atoms with van der Waals surface area (Å²) in [5, 5.41) is 3.33. The molecule has 2 aliphatic heterocycles. The Morgan fingerprint density at radius 3 is 2.50 bits per heavy atom. The first kappa shape index (κ1) is 12.3. The summed E-state index contributed by atoms with van der Waals surface area (Å²) in [4.78, 5) is 2.38. The lowest BCUT2D eigenvalue weighted by molar-refractivity contribution is 0.156. The second-order valence-electron chi connectivity index (χ2n) is 4.91. The summed E-state index contributed by atoms with van der Waals surface area (Å²) < 4.78 is 23.4. The van der Waals surface area contributed by atoms with Crippen molar-refractivity contribution < 1.29 is 8.42 Å². The van der Waals surface area contributed by atoms with Gasteiger partial charge < -0.3 is 5.32 Å². The maximum Gasteiger partial charge on any atom is 0.153 e. The van der Waals surface area contributed by atoms with Gasteiger partial charge in [0.25, 0.3) is 0 Å². The summed E-state index contributed by atoms with van der Waals surface area (Å²) in [6.07, 6.45) is 3.73. The van der Waals surface area contributed by atoms with E-state index < -0.39 is 9.84 Å². The molecule has 2 aliphatic rings. The van der Waals surface area contributed by atoms with Crippen molar-refractivity contribution in [3.05, 3.63) is 0 Å². The van der Waals surface area contributed by atoms with Crippen molar-refractivity contribution in [1.82, 2.24) is 10.2 Å². The van der Waals surface area contributed by atoms with Gasteiger partial charge in [0.2, 0.25) is 0 Å². The predicted molar refractivity (Wildman–Crippen MR) is 65.3 cm³/mol. The van der Waals surface area contributed by atoms with Crippen molar-refractivity contribution in [3.8, 4) is 0 Å². The van der Waals surface area contributed by atoms with Crippen LogP contribution in [0.2, 0.25) is 0 Å². The largest absolute Gasteiger partial charge is 0.312 e. The van der Waals surface area contributed by atoms with Crippen LogP contribution in [0.15, 0.2) is 0 Å². The second-order valence-corrected chi connectivity index (χ2v) is 7.06. The third-order valence-electron chi connectivity index (χ3n) is 3.65. The third kappa shape index (κ3) is 2.76. The Bertz CT molecular complexity index is 323. The van der Waals surface area contributed by atoms with E-state index in [1.165, 1.54) is 19.3 Å². The Morgan fingerprint density at radius 1 is 1.19 bits per heavy atom. The molecule has 2 heterocycles. The maximum atomic E-state index is 11.7. The van der Waals surface area contributed by atoms with E-state index in [-0.39, 0.29) is 12.1 Å². The molecular weight excluding hydrogens is 224 g/mol. The van der Waals surface area contributed by atoms with Gasteiger partial charge in [-0.2, -0.15) is 0 Å². The van der Waals surface area contributed by atoms with Crippen LogP contribution in [0.25, 0.3) is 0 Å². The van der Waals surface area contributed by atoms with Crippen molar-refractivity contribution in [1.29, 1.82) is 0 Å². The summed E-state index contributed by atoms with van der Waals surface area (Å²) >= 11 is 0. The molecule has 0 unspecified atom stereocenters. The number of rotatable bonds is 3. The van der Waals surface area contributed by atoms with Gasteiger partial charge in [0.15, 0.2) is 9.84 Å². The first-order chi connectivity index (χ1) is 7.62. The SMILES string of the molecule is CCN[C@H]1CS(=O)(=O)C[C@@H]1N1CCCCC1. The molecule has 0 spiro atoms. The molecule has 1 N–H and O–H groups in total. The molecule has 94 valence electrons. The van der Waals surface area contributed by atoms with Crippen molar-refractivity contribution in [2.24, 2.45) is 0 Å². The van der Waals surface area contributed by atoms with Crippen molar-refractivity contribution >= 4 is 9.84 Å². The van der Waals surface area contributed by atoms with E-state index in [0.717, 1.165) is 19.6 Å². The monoisotopic (exact) mass is 246 g/mol. The van der Waals surface area contributed by atoms with Crippen LogP contribution < -0.4 is 5.32 Å². The van der Waals surface area contributed by atoms with Crippen molar-refractivity contribution in [2.45, 2.75) is 38.3 Å². The highest BCUT2D eigenvalue weighted by molar-refractivity contribution is 7.91. The summed E-state index contributed by atoms with van der Waals surface area (Å²) in [5.74, 6) is 0.673. The molecule has 2 fully saturated rings. The normalized spacial score (nSPS) is 35.3. The van der Waals surface area contributed by atoms with Crippen LogP contribution in [0.3, 0.4) is 0 Å². The smallest absolute Gasteiger partial charge is 0.153 e. The Balaban J connectivity index is 2.05. The van der Waals surface area contributed by atoms with Gasteiger partial charge in [0.1, 0.15) is 0 Å². The Hall–Kier alpha value is -0.130. The predicted octanol–water partition coefficient (Wildman–Crippen LogP) is 0.247. The summed E-state index contributed by atoms with van der Waals surface area (Å²) in [7, 11) is -2.82. The number of sulfone groups is 1. The molecule has 0 saturated carbocycles. The van der Waals surface area contributed by atoms with Crippen LogP contribution in [0.1, 0.15) is 26.2 Å². The molecule has 0 aromatic heterocycles. The lowest BCUT2D eigenvalue weighted by Crippen LogP contribution is -2.50. The molecular formula is C11H22N2O2S. The van der Waals surface area contributed by atoms with E-state index in [1.54, 1.807) is 0 Å². The molecule has 4 nitrogen and oxygen atoms in total. The van der Waals surface area contributed by atoms with Crippen LogP contribution in [-0.4, -0.2) is 56.5 Å². The minimum atomic E-state index is -2.82. The molecule has 0 bridgehead atoms. The number of hydrogen-bond acceptors (Lipinski definition) is 4. The van der Waals surface area contributed by atoms with Crippen LogP contribution in [-0.2, 0) is 9.84 Å². The van der Waals surface area contributed by atoms with Crippen LogP contribution >= 0.6 is 0 Å². The highest BCUT2D eigenvalue weighted by Crippen LogP contribution is 2.22. The van der Waals surface area contributed by atoms with Crippen molar-refractivity contribution in [3.63, 3.8) is 0 Å². The standard InChI is InChI=1S/C11H22N2O2S/c1-2-12-10-8-16(14,15)9-11(10)13-6-4-3-5-7-13/h10-12H,2-9H2,1H3/t10-,11-/m0/s1. The highest BCUT2D eigenvalue weighted by atomic mass is 32.2. The average molecular weight is 246 g/mol. The molecule has 0 aromatic carbocycles. The molecule has 0 aromatic rings. The fourth-order valence-electron chi connectivity index (χ4n) is 2.90. The molecule has 2 atom stereocenters. The van der Waals surface area contributed by atoms with Crippen molar-refractivity contribution in [2.75, 3.05) is 31.1 Å². The van der Waals surface area contributed by atoms with E-state index in [2.05, 4.69) is 10.2 Å². The quantitative estimate of drug-likeness (QED) is 0.775. The first-order valence-electron chi connectivity index (χ1n) is 6.30. The van der Waals surface area contributed by atoms with Gasteiger partial charge >= 0.3 is 0 Å². The van der Waals surface area contributed by atoms with E-state index >= 15 is 0 Å². The van der Waals surface area contributed by atoms with E-state index in [1.807, 2.05) is 6.92 Å². The van der Waals surface area contributed by atoms with Gasteiger partial charge in [-0.25, -0.2) is 8.42 Å². The lowest BCUT2D eigenvalue weighted by Gasteiger charge is -2.35. The van der Waals surface area contributed by atoms with Gasteiger partial charge in [0, 0.05) is 12.1 Å². The third-order valence-corrected chi connectivity index (χ3v) is 5.37. The van der Waals surface area contributed by atoms with E-state index in [4.69, 9.17) is 0 Å². The lowest BCUT2D eigenvalue weighted by atomic mass is 10.1. The molecule has 2 saturated heterocycles. The fourth-order valence-corrected chi connectivity index (χ4v) is 4.88. The summed E-state index contributed by atoms with van der Waals surface area (Å²) in [6.45, 7) is 5.03. The van der Waals surface area contributed by atoms with E-state index in [9.17, 15) is 8.42 Å². The zero-order valence-electron chi connectivity index (χ0n) is 9.98. The van der Waals surface area contributed by atoms with Gasteiger partial charge in [-0.3, -0.25) is 4.90 Å². The molecule has 0 amide bonds. The van der Waals surface area contributed by atoms with Crippen LogP contribution in [0.5, 0.6) is 0 Å². The minimum absolute atomic E-state index is 0.146. The summed E-state index contributed by atoms with van der Waals surface area (Å²) in [5.41, 5.74) is 0. The average Bonchev–Trinajstić information content (AvgIpc) is 2.56. The topological polar surface area (TPSA) is 49.4 Å². The number of likely N-dealkylation sites (N-methyl/N-ethyl adjacent to an activating group) is 1. The number of hydrogen-bond donors (Lipinski definition) is 1. The van der Waals surface area contributed by atoms with Gasteiger partial charge in [-0.1, -0.05) is 13.3 Å². The van der Waals surface area contributed by atoms with Gasteiger partial charge in [-0.05, 0) is 32.5 Å². The molecule has 5 heteroatoms. The number of piperidine rings is 1. The molecule has 2 rings (SSSR count). The minimum Gasteiger partial charge on any atom is -0.312 e. The second kappa shape index (κ2) is 5.02. The van der Waals surface area contributed by atoms with Gasteiger partial charge in [-0.15, -0.1) is 0 Å². The Labute approximate surface area is 98.3 Å². The van der Waals surface area contributed by atoms with Crippen LogP contribution in [0.4, 0.5) is 0 Å². The van der Waals surface area contributed by atoms with Gasteiger partial charge in [0.05, 0.1) is 11.5 Å². The number of nitrogens with zero attached hydrogens (tertiary/aromatic N) is 1. The molecule has 0 radical (unpaired) electrons. The Kier molecular flexibility index (Phi) is 3.87. The summed E-state index contributed by atoms with van der Waals surface area (Å²) in [6, 6.07) is 0.360. The fraction of sp³-hybridized carbons (Fsp3) is 1.00. The number of likely N-dealkylation sites (tertiary alicyclic amines) is 1. The molecule has 0 aliphatic carbocycles. The zero-order chi connectivity index (χ0) is 11.6. The van der Waals surface area contributed by atoms with Crippen LogP contribution in [0, 0.1) is 0 Å². The maximum absolute atomic E-state index is 11.7.